The summed E-state index contributed by atoms with van der Waals surface area (Å²) in [5.74, 6) is -0.178. The number of carbonyl (C=O) groups is 1. The molecule has 0 saturated heterocycles. The third-order valence-corrected chi connectivity index (χ3v) is 5.71. The second-order valence-corrected chi connectivity index (χ2v) is 8.39. The predicted octanol–water partition coefficient (Wildman–Crippen LogP) is 5.23. The third kappa shape index (κ3) is 3.88. The summed E-state index contributed by atoms with van der Waals surface area (Å²) in [6.07, 6.45) is 1.70. The van der Waals surface area contributed by atoms with Gasteiger partial charge in [0.2, 0.25) is 0 Å². The van der Waals surface area contributed by atoms with E-state index in [0.29, 0.717) is 22.2 Å². The van der Waals surface area contributed by atoms with Gasteiger partial charge in [0.1, 0.15) is 16.9 Å². The molecule has 3 aromatic carbocycles. The van der Waals surface area contributed by atoms with E-state index in [0.717, 1.165) is 27.9 Å². The Labute approximate surface area is 197 Å². The number of aromatic nitrogens is 3. The van der Waals surface area contributed by atoms with Crippen molar-refractivity contribution in [3.63, 3.8) is 0 Å². The van der Waals surface area contributed by atoms with Crippen LogP contribution in [0.5, 0.6) is 0 Å². The molecule has 0 aliphatic carbocycles. The molecule has 7 nitrogen and oxygen atoms in total. The molecule has 34 heavy (non-hydrogen) atoms. The zero-order valence-corrected chi connectivity index (χ0v) is 19.2. The van der Waals surface area contributed by atoms with Crippen LogP contribution in [0.4, 0.5) is 11.5 Å². The minimum absolute atomic E-state index is 0.178. The van der Waals surface area contributed by atoms with Gasteiger partial charge < -0.3 is 11.1 Å². The Bertz CT molecular complexity index is 1600. The van der Waals surface area contributed by atoms with E-state index in [9.17, 15) is 4.79 Å². The number of nitrogen functional groups attached to an aromatic ring is 1. The molecule has 7 heteroatoms. The molecule has 5 aromatic rings. The first-order valence-electron chi connectivity index (χ1n) is 11.0. The summed E-state index contributed by atoms with van der Waals surface area (Å²) in [6.45, 7) is 5.94. The molecule has 168 valence electrons. The zero-order valence-electron chi connectivity index (χ0n) is 19.2. The molecule has 0 atom stereocenters. The molecule has 0 radical (unpaired) electrons. The SMILES string of the molecule is Cc1cccc(/C=N\n2c(N)c(C(=O)Nc3cc(C)ccc3C)c3nc4ccccc4nc32)c1. The van der Waals surface area contributed by atoms with Crippen LogP contribution in [0.3, 0.4) is 0 Å². The van der Waals surface area contributed by atoms with E-state index in [1.54, 1.807) is 6.21 Å². The van der Waals surface area contributed by atoms with E-state index in [1.165, 1.54) is 4.68 Å². The number of carbonyl (C=O) groups excluding carboxylic acids is 1. The van der Waals surface area contributed by atoms with Gasteiger partial charge in [-0.2, -0.15) is 9.78 Å². The number of benzene rings is 3. The fourth-order valence-corrected chi connectivity index (χ4v) is 3.92. The fourth-order valence-electron chi connectivity index (χ4n) is 3.92. The predicted molar refractivity (Wildman–Crippen MR) is 137 cm³/mol. The molecule has 0 spiro atoms. The molecule has 0 saturated carbocycles. The van der Waals surface area contributed by atoms with Crippen LogP contribution in [0, 0.1) is 20.8 Å². The number of aryl methyl sites for hydroxylation is 3. The lowest BCUT2D eigenvalue weighted by molar-refractivity contribution is 0.102. The maximum absolute atomic E-state index is 13.5. The smallest absolute Gasteiger partial charge is 0.261 e. The Morgan fingerprint density at radius 2 is 1.68 bits per heavy atom. The molecule has 3 N–H and O–H groups in total. The number of nitrogens with one attached hydrogen (secondary N) is 1. The number of nitrogens with two attached hydrogens (primary N) is 1. The van der Waals surface area contributed by atoms with Crippen molar-refractivity contribution in [3.8, 4) is 0 Å². The maximum Gasteiger partial charge on any atom is 0.261 e. The molecule has 2 aromatic heterocycles. The summed E-state index contributed by atoms with van der Waals surface area (Å²) < 4.78 is 1.48. The number of para-hydroxylation sites is 2. The molecule has 0 unspecified atom stereocenters. The third-order valence-electron chi connectivity index (χ3n) is 5.71. The Morgan fingerprint density at radius 3 is 2.44 bits per heavy atom. The Hall–Kier alpha value is -4.52. The monoisotopic (exact) mass is 448 g/mol. The molecule has 0 aliphatic heterocycles. The molecule has 5 rings (SSSR count). The lowest BCUT2D eigenvalue weighted by Gasteiger charge is -2.09. The van der Waals surface area contributed by atoms with E-state index in [4.69, 9.17) is 15.7 Å². The summed E-state index contributed by atoms with van der Waals surface area (Å²) in [7, 11) is 0. The van der Waals surface area contributed by atoms with Crippen LogP contribution in [0.1, 0.15) is 32.6 Å². The van der Waals surface area contributed by atoms with Gasteiger partial charge >= 0.3 is 0 Å². The lowest BCUT2D eigenvalue weighted by atomic mass is 10.1. The van der Waals surface area contributed by atoms with Gasteiger partial charge in [-0.25, -0.2) is 9.97 Å². The van der Waals surface area contributed by atoms with Gasteiger partial charge in [0.05, 0.1) is 17.2 Å². The van der Waals surface area contributed by atoms with Gasteiger partial charge in [0.25, 0.3) is 5.91 Å². The lowest BCUT2D eigenvalue weighted by Crippen LogP contribution is -2.15. The number of anilines is 2. The molecule has 0 aliphatic rings. The normalized spacial score (nSPS) is 11.5. The maximum atomic E-state index is 13.5. The van der Waals surface area contributed by atoms with Crippen LogP contribution in [0.15, 0.2) is 71.8 Å². The summed E-state index contributed by atoms with van der Waals surface area (Å²) in [5, 5.41) is 7.57. The Morgan fingerprint density at radius 1 is 0.941 bits per heavy atom. The van der Waals surface area contributed by atoms with E-state index >= 15 is 0 Å². The van der Waals surface area contributed by atoms with Crippen LogP contribution in [-0.4, -0.2) is 26.8 Å². The highest BCUT2D eigenvalue weighted by Crippen LogP contribution is 2.29. The minimum Gasteiger partial charge on any atom is -0.383 e. The van der Waals surface area contributed by atoms with Gasteiger partial charge in [0, 0.05) is 5.69 Å². The first-order chi connectivity index (χ1) is 16.4. The van der Waals surface area contributed by atoms with Crippen LogP contribution in [0.2, 0.25) is 0 Å². The molecular formula is C27H24N6O. The number of amides is 1. The summed E-state index contributed by atoms with van der Waals surface area (Å²) in [4.78, 5) is 22.9. The van der Waals surface area contributed by atoms with Gasteiger partial charge in [-0.3, -0.25) is 4.79 Å². The number of nitrogens with zero attached hydrogens (tertiary/aromatic N) is 4. The Kier molecular flexibility index (Phi) is 5.30. The number of rotatable bonds is 4. The van der Waals surface area contributed by atoms with E-state index in [-0.39, 0.29) is 17.3 Å². The number of fused-ring (bicyclic) bond motifs is 2. The topological polar surface area (TPSA) is 98.2 Å². The van der Waals surface area contributed by atoms with Crippen molar-refractivity contribution in [2.45, 2.75) is 20.8 Å². The second kappa shape index (κ2) is 8.44. The van der Waals surface area contributed by atoms with Crippen molar-refractivity contribution in [1.29, 1.82) is 0 Å². The summed E-state index contributed by atoms with van der Waals surface area (Å²) in [5.41, 5.74) is 13.7. The van der Waals surface area contributed by atoms with Gasteiger partial charge in [-0.15, -0.1) is 0 Å². The average molecular weight is 449 g/mol. The van der Waals surface area contributed by atoms with Crippen LogP contribution >= 0.6 is 0 Å². The van der Waals surface area contributed by atoms with Gasteiger partial charge in [-0.05, 0) is 55.7 Å². The molecule has 2 heterocycles. The quantitative estimate of drug-likeness (QED) is 0.368. The van der Waals surface area contributed by atoms with Crippen molar-refractivity contribution < 1.29 is 4.79 Å². The van der Waals surface area contributed by atoms with Crippen molar-refractivity contribution in [1.82, 2.24) is 14.6 Å². The van der Waals surface area contributed by atoms with Crippen molar-refractivity contribution >= 4 is 45.8 Å². The van der Waals surface area contributed by atoms with E-state index in [2.05, 4.69) is 10.4 Å². The standard InChI is InChI=1S/C27H24N6O/c1-16-7-6-8-19(13-16)15-29-33-25(28)23(27(34)32-22-14-17(2)11-12-18(22)3)24-26(33)31-21-10-5-4-9-20(21)30-24/h4-15H,28H2,1-3H3,(H,32,34)/b29-15-. The highest BCUT2D eigenvalue weighted by Gasteiger charge is 2.24. The van der Waals surface area contributed by atoms with Crippen molar-refractivity contribution in [2.24, 2.45) is 5.10 Å². The first-order valence-corrected chi connectivity index (χ1v) is 11.0. The van der Waals surface area contributed by atoms with Crippen LogP contribution in [0.25, 0.3) is 22.2 Å². The molecule has 1 amide bonds. The second-order valence-electron chi connectivity index (χ2n) is 8.39. The largest absolute Gasteiger partial charge is 0.383 e. The van der Waals surface area contributed by atoms with Gasteiger partial charge in [-0.1, -0.05) is 54.1 Å². The number of hydrogen-bond donors (Lipinski definition) is 2. The minimum atomic E-state index is -0.356. The number of hydrogen-bond acceptors (Lipinski definition) is 5. The molecular weight excluding hydrogens is 424 g/mol. The van der Waals surface area contributed by atoms with E-state index < -0.39 is 0 Å². The van der Waals surface area contributed by atoms with Crippen molar-refractivity contribution in [2.75, 3.05) is 11.1 Å². The first kappa shape index (κ1) is 21.3. The zero-order chi connectivity index (χ0) is 23.8. The van der Waals surface area contributed by atoms with Crippen LogP contribution in [-0.2, 0) is 0 Å². The van der Waals surface area contributed by atoms with Crippen LogP contribution < -0.4 is 11.1 Å². The highest BCUT2D eigenvalue weighted by atomic mass is 16.1. The fraction of sp³-hybridized carbons (Fsp3) is 0.111. The van der Waals surface area contributed by atoms with E-state index in [1.807, 2.05) is 87.5 Å². The summed E-state index contributed by atoms with van der Waals surface area (Å²) in [6, 6.07) is 21.4. The highest BCUT2D eigenvalue weighted by molar-refractivity contribution is 6.16. The Balaban J connectivity index is 1.67. The average Bonchev–Trinajstić information content (AvgIpc) is 3.08. The van der Waals surface area contributed by atoms with Crippen molar-refractivity contribution in [3.05, 3.63) is 94.5 Å². The summed E-state index contributed by atoms with van der Waals surface area (Å²) >= 11 is 0. The molecule has 0 bridgehead atoms. The molecule has 0 fully saturated rings. The van der Waals surface area contributed by atoms with Gasteiger partial charge in [0.15, 0.2) is 5.65 Å².